The molecule has 1 aromatic heterocycles. The summed E-state index contributed by atoms with van der Waals surface area (Å²) in [6, 6.07) is 5.57. The summed E-state index contributed by atoms with van der Waals surface area (Å²) >= 11 is 0. The van der Waals surface area contributed by atoms with Crippen LogP contribution in [0.1, 0.15) is 26.5 Å². The quantitative estimate of drug-likeness (QED) is 0.923. The summed E-state index contributed by atoms with van der Waals surface area (Å²) in [4.78, 5) is 0. The zero-order valence-electron chi connectivity index (χ0n) is 11.1. The van der Waals surface area contributed by atoms with Crippen LogP contribution in [0.4, 0.5) is 8.78 Å². The maximum atomic E-state index is 13.6. The first-order valence-electron chi connectivity index (χ1n) is 6.02. The molecule has 0 amide bonds. The van der Waals surface area contributed by atoms with Gasteiger partial charge in [-0.3, -0.25) is 0 Å². The number of nitrogens with zero attached hydrogens (tertiary/aromatic N) is 1. The molecule has 0 aliphatic heterocycles. The third-order valence-electron chi connectivity index (χ3n) is 2.58. The highest BCUT2D eigenvalue weighted by Gasteiger charge is 2.15. The van der Waals surface area contributed by atoms with Gasteiger partial charge >= 0.3 is 0 Å². The Morgan fingerprint density at radius 3 is 2.68 bits per heavy atom. The van der Waals surface area contributed by atoms with Gasteiger partial charge in [-0.25, -0.2) is 8.78 Å². The fourth-order valence-electron chi connectivity index (χ4n) is 1.57. The van der Waals surface area contributed by atoms with Crippen molar-refractivity contribution in [2.45, 2.75) is 32.9 Å². The maximum absolute atomic E-state index is 13.6. The van der Waals surface area contributed by atoms with Crippen LogP contribution in [0.25, 0.3) is 11.3 Å². The van der Waals surface area contributed by atoms with Crippen molar-refractivity contribution in [1.29, 1.82) is 0 Å². The molecule has 102 valence electrons. The van der Waals surface area contributed by atoms with E-state index in [-0.39, 0.29) is 16.9 Å². The van der Waals surface area contributed by atoms with Crippen LogP contribution in [0, 0.1) is 11.6 Å². The second kappa shape index (κ2) is 5.09. The predicted molar refractivity (Wildman–Crippen MR) is 68.4 cm³/mol. The van der Waals surface area contributed by atoms with Crippen LogP contribution >= 0.6 is 0 Å². The van der Waals surface area contributed by atoms with Gasteiger partial charge in [0.1, 0.15) is 0 Å². The lowest BCUT2D eigenvalue weighted by atomic mass is 10.1. The number of halogens is 2. The van der Waals surface area contributed by atoms with Gasteiger partial charge < -0.3 is 9.84 Å². The maximum Gasteiger partial charge on any atom is 0.170 e. The Morgan fingerprint density at radius 2 is 2.00 bits per heavy atom. The van der Waals surface area contributed by atoms with Gasteiger partial charge in [0, 0.05) is 18.2 Å². The summed E-state index contributed by atoms with van der Waals surface area (Å²) in [5.74, 6) is -1.60. The van der Waals surface area contributed by atoms with Gasteiger partial charge in [-0.15, -0.1) is 0 Å². The molecule has 0 radical (unpaired) electrons. The second-order valence-electron chi connectivity index (χ2n) is 5.39. The molecule has 19 heavy (non-hydrogen) atoms. The highest BCUT2D eigenvalue weighted by atomic mass is 19.2. The van der Waals surface area contributed by atoms with Crippen molar-refractivity contribution in [2.75, 3.05) is 0 Å². The molecule has 0 saturated heterocycles. The zero-order chi connectivity index (χ0) is 14.0. The van der Waals surface area contributed by atoms with Crippen LogP contribution in [0.5, 0.6) is 0 Å². The molecule has 2 rings (SSSR count). The topological polar surface area (TPSA) is 38.1 Å². The molecule has 2 aromatic rings. The SMILES string of the molecule is CC(C)(C)NCc1cc(-c2cccc(F)c2F)on1. The first-order chi connectivity index (χ1) is 8.87. The molecule has 3 nitrogen and oxygen atoms in total. The minimum absolute atomic E-state index is 0.0524. The van der Waals surface area contributed by atoms with Crippen molar-refractivity contribution in [1.82, 2.24) is 10.5 Å². The zero-order valence-corrected chi connectivity index (χ0v) is 11.1. The first-order valence-corrected chi connectivity index (χ1v) is 6.02. The summed E-state index contributed by atoms with van der Waals surface area (Å²) in [5, 5.41) is 7.08. The molecular weight excluding hydrogens is 250 g/mol. The van der Waals surface area contributed by atoms with Crippen molar-refractivity contribution in [3.63, 3.8) is 0 Å². The number of aromatic nitrogens is 1. The highest BCUT2D eigenvalue weighted by Crippen LogP contribution is 2.25. The number of rotatable bonds is 3. The van der Waals surface area contributed by atoms with Crippen molar-refractivity contribution in [2.24, 2.45) is 0 Å². The monoisotopic (exact) mass is 266 g/mol. The van der Waals surface area contributed by atoms with E-state index in [1.54, 1.807) is 6.07 Å². The molecule has 0 aliphatic carbocycles. The van der Waals surface area contributed by atoms with Crippen molar-refractivity contribution in [3.8, 4) is 11.3 Å². The van der Waals surface area contributed by atoms with Crippen LogP contribution in [0.3, 0.4) is 0 Å². The van der Waals surface area contributed by atoms with E-state index in [0.29, 0.717) is 12.2 Å². The van der Waals surface area contributed by atoms with Crippen LogP contribution in [0.15, 0.2) is 28.8 Å². The number of hydrogen-bond donors (Lipinski definition) is 1. The van der Waals surface area contributed by atoms with E-state index in [1.165, 1.54) is 12.1 Å². The van der Waals surface area contributed by atoms with E-state index in [1.807, 2.05) is 20.8 Å². The minimum Gasteiger partial charge on any atom is -0.356 e. The van der Waals surface area contributed by atoms with Gasteiger partial charge in [0.25, 0.3) is 0 Å². The van der Waals surface area contributed by atoms with Gasteiger partial charge in [-0.2, -0.15) is 0 Å². The van der Waals surface area contributed by atoms with E-state index < -0.39 is 11.6 Å². The second-order valence-corrected chi connectivity index (χ2v) is 5.39. The molecule has 0 fully saturated rings. The van der Waals surface area contributed by atoms with Crippen LogP contribution in [-0.2, 0) is 6.54 Å². The summed E-state index contributed by atoms with van der Waals surface area (Å²) in [6.45, 7) is 6.59. The smallest absolute Gasteiger partial charge is 0.170 e. The third-order valence-corrected chi connectivity index (χ3v) is 2.58. The van der Waals surface area contributed by atoms with Crippen LogP contribution in [-0.4, -0.2) is 10.7 Å². The lowest BCUT2D eigenvalue weighted by molar-refractivity contribution is 0.391. The lowest BCUT2D eigenvalue weighted by Gasteiger charge is -2.19. The third kappa shape index (κ3) is 3.38. The molecule has 0 atom stereocenters. The molecule has 5 heteroatoms. The Kier molecular flexibility index (Phi) is 3.66. The number of nitrogens with one attached hydrogen (secondary N) is 1. The van der Waals surface area contributed by atoms with E-state index >= 15 is 0 Å². The molecule has 1 aromatic carbocycles. The largest absolute Gasteiger partial charge is 0.356 e. The average molecular weight is 266 g/mol. The number of benzene rings is 1. The van der Waals surface area contributed by atoms with E-state index in [0.717, 1.165) is 6.07 Å². The summed E-state index contributed by atoms with van der Waals surface area (Å²) in [7, 11) is 0. The molecule has 0 spiro atoms. The molecule has 0 saturated carbocycles. The molecule has 1 N–H and O–H groups in total. The van der Waals surface area contributed by atoms with Gasteiger partial charge in [-0.1, -0.05) is 11.2 Å². The molecule has 1 heterocycles. The summed E-state index contributed by atoms with van der Waals surface area (Å²) in [6.07, 6.45) is 0. The van der Waals surface area contributed by atoms with Gasteiger partial charge in [0.05, 0.1) is 11.3 Å². The highest BCUT2D eigenvalue weighted by molar-refractivity contribution is 5.58. The Balaban J connectivity index is 2.19. The number of hydrogen-bond acceptors (Lipinski definition) is 3. The first kappa shape index (κ1) is 13.7. The van der Waals surface area contributed by atoms with Gasteiger partial charge in [0.2, 0.25) is 0 Å². The van der Waals surface area contributed by atoms with Crippen molar-refractivity contribution >= 4 is 0 Å². The average Bonchev–Trinajstić information content (AvgIpc) is 2.78. The van der Waals surface area contributed by atoms with Crippen LogP contribution in [0.2, 0.25) is 0 Å². The van der Waals surface area contributed by atoms with Crippen molar-refractivity contribution in [3.05, 3.63) is 41.6 Å². The fraction of sp³-hybridized carbons (Fsp3) is 0.357. The summed E-state index contributed by atoms with van der Waals surface area (Å²) in [5.41, 5.74) is 0.673. The van der Waals surface area contributed by atoms with Gasteiger partial charge in [0.15, 0.2) is 17.4 Å². The Bertz CT molecular complexity index is 573. The van der Waals surface area contributed by atoms with Crippen molar-refractivity contribution < 1.29 is 13.3 Å². The lowest BCUT2D eigenvalue weighted by Crippen LogP contribution is -2.35. The Labute approximate surface area is 110 Å². The minimum atomic E-state index is -0.922. The predicted octanol–water partition coefficient (Wildman–Crippen LogP) is 3.51. The standard InChI is InChI=1S/C14H16F2N2O/c1-14(2,3)17-8-9-7-12(19-18-9)10-5-4-6-11(15)13(10)16/h4-7,17H,8H2,1-3H3. The van der Waals surface area contributed by atoms with Crippen LogP contribution < -0.4 is 5.32 Å². The Hall–Kier alpha value is -1.75. The van der Waals surface area contributed by atoms with Gasteiger partial charge in [-0.05, 0) is 32.9 Å². The Morgan fingerprint density at radius 1 is 1.26 bits per heavy atom. The van der Waals surface area contributed by atoms with E-state index in [4.69, 9.17) is 4.52 Å². The molecular formula is C14H16F2N2O. The molecule has 0 aliphatic rings. The molecule has 0 unspecified atom stereocenters. The fourth-order valence-corrected chi connectivity index (χ4v) is 1.57. The summed E-state index contributed by atoms with van der Waals surface area (Å²) < 4.78 is 31.8. The van der Waals surface area contributed by atoms with E-state index in [9.17, 15) is 8.78 Å². The molecule has 0 bridgehead atoms. The van der Waals surface area contributed by atoms with E-state index in [2.05, 4.69) is 10.5 Å². The normalized spacial score (nSPS) is 11.8.